The fourth-order valence-corrected chi connectivity index (χ4v) is 3.08. The molecule has 0 saturated carbocycles. The molecule has 3 N–H and O–H groups in total. The van der Waals surface area contributed by atoms with Crippen molar-refractivity contribution in [3.63, 3.8) is 0 Å². The number of nitrogens with two attached hydrogens (primary N) is 1. The van der Waals surface area contributed by atoms with Crippen molar-refractivity contribution in [2.45, 2.75) is 6.61 Å². The number of hydrogen-bond donors (Lipinski definition) is 2. The van der Waals surface area contributed by atoms with Crippen molar-refractivity contribution < 1.29 is 4.74 Å². The molecule has 0 unspecified atom stereocenters. The van der Waals surface area contributed by atoms with Crippen LogP contribution in [0.15, 0.2) is 95.3 Å². The molecule has 0 aliphatic rings. The van der Waals surface area contributed by atoms with E-state index < -0.39 is 0 Å². The van der Waals surface area contributed by atoms with E-state index in [0.717, 1.165) is 33.5 Å². The van der Waals surface area contributed by atoms with E-state index in [2.05, 4.69) is 21.4 Å². The fraction of sp³-hybridized carbons (Fsp3) is 0.0400. The van der Waals surface area contributed by atoms with E-state index in [1.807, 2.05) is 91.0 Å². The number of pyridine rings is 1. The van der Waals surface area contributed by atoms with Gasteiger partial charge >= 0.3 is 0 Å². The minimum atomic E-state index is 0.0347. The molecule has 0 atom stereocenters. The Labute approximate surface area is 180 Å². The van der Waals surface area contributed by atoms with Crippen molar-refractivity contribution in [3.8, 4) is 5.75 Å². The predicted molar refractivity (Wildman–Crippen MR) is 124 cm³/mol. The molecule has 0 amide bonds. The van der Waals surface area contributed by atoms with Crippen LogP contribution in [0.2, 0.25) is 0 Å². The Kier molecular flexibility index (Phi) is 6.09. The molecule has 6 heteroatoms. The van der Waals surface area contributed by atoms with Crippen molar-refractivity contribution in [3.05, 3.63) is 107 Å². The number of hydrogen-bond acceptors (Lipinski definition) is 4. The number of nitrogens with zero attached hydrogens (tertiary/aromatic N) is 3. The number of benzene rings is 3. The zero-order chi connectivity index (χ0) is 21.5. The summed E-state index contributed by atoms with van der Waals surface area (Å²) in [5.41, 5.74) is 4.60. The molecule has 1 aromatic heterocycles. The number of fused-ring (bicyclic) bond motifs is 1. The molecule has 0 radical (unpaired) electrons. The van der Waals surface area contributed by atoms with Crippen molar-refractivity contribution in [2.75, 3.05) is 0 Å². The summed E-state index contributed by atoms with van der Waals surface area (Å²) in [5.74, 6) is 5.81. The summed E-state index contributed by atoms with van der Waals surface area (Å²) >= 11 is 0. The molecular formula is C25H21N5O. The van der Waals surface area contributed by atoms with Crippen LogP contribution in [-0.2, 0) is 6.61 Å². The smallest absolute Gasteiger partial charge is 0.176 e. The summed E-state index contributed by atoms with van der Waals surface area (Å²) in [6.07, 6.45) is 4.03. The van der Waals surface area contributed by atoms with E-state index in [-0.39, 0.29) is 5.84 Å². The van der Waals surface area contributed by atoms with Gasteiger partial charge in [-0.2, -0.15) is 0 Å². The van der Waals surface area contributed by atoms with Crippen LogP contribution in [0.3, 0.4) is 0 Å². The molecule has 1 heterocycles. The Morgan fingerprint density at radius 3 is 2.26 bits per heavy atom. The van der Waals surface area contributed by atoms with Gasteiger partial charge in [0.15, 0.2) is 5.84 Å². The minimum Gasteiger partial charge on any atom is -0.487 e. The lowest BCUT2D eigenvalue weighted by Crippen LogP contribution is -1.98. The van der Waals surface area contributed by atoms with Crippen LogP contribution in [0.4, 0.5) is 0 Å². The molecule has 4 rings (SSSR count). The maximum absolute atomic E-state index is 7.71. The Balaban J connectivity index is 1.35. The Morgan fingerprint density at radius 1 is 0.871 bits per heavy atom. The maximum atomic E-state index is 7.71. The monoisotopic (exact) mass is 407 g/mol. The van der Waals surface area contributed by atoms with Crippen LogP contribution in [0.25, 0.3) is 23.1 Å². The zero-order valence-corrected chi connectivity index (χ0v) is 16.8. The molecule has 0 aliphatic carbocycles. The lowest BCUT2D eigenvalue weighted by Gasteiger charge is -2.07. The van der Waals surface area contributed by atoms with Crippen molar-refractivity contribution in [1.82, 2.24) is 4.98 Å². The first-order valence-corrected chi connectivity index (χ1v) is 9.77. The summed E-state index contributed by atoms with van der Waals surface area (Å²) < 4.78 is 5.88. The average Bonchev–Trinajstić information content (AvgIpc) is 2.82. The van der Waals surface area contributed by atoms with Crippen LogP contribution in [0, 0.1) is 5.41 Å². The van der Waals surface area contributed by atoms with Crippen LogP contribution in [-0.4, -0.2) is 10.8 Å². The summed E-state index contributed by atoms with van der Waals surface area (Å²) in [5, 5.41) is 15.5. The Bertz CT molecular complexity index is 1250. The summed E-state index contributed by atoms with van der Waals surface area (Å²) in [6.45, 7) is 0.422. The summed E-state index contributed by atoms with van der Waals surface area (Å²) in [7, 11) is 0. The highest BCUT2D eigenvalue weighted by Crippen LogP contribution is 2.17. The standard InChI is InChI=1S/C25H21N5O/c26-25(29-30-27)21-11-7-18(8-12-21)5-6-19-9-15-23(16-10-19)31-17-22-14-13-20-3-1-2-4-24(20)28-22/h1-16H,17H2,(H3,26,27,29)/b6-5+. The molecule has 4 aromatic rings. The van der Waals surface area contributed by atoms with Crippen LogP contribution in [0.5, 0.6) is 5.75 Å². The third-order valence-electron chi connectivity index (χ3n) is 4.73. The van der Waals surface area contributed by atoms with Gasteiger partial charge in [0.2, 0.25) is 0 Å². The summed E-state index contributed by atoms with van der Waals surface area (Å²) in [4.78, 5) is 4.63. The lowest BCUT2D eigenvalue weighted by atomic mass is 10.1. The van der Waals surface area contributed by atoms with Gasteiger partial charge in [0.25, 0.3) is 0 Å². The fourth-order valence-electron chi connectivity index (χ4n) is 3.08. The zero-order valence-electron chi connectivity index (χ0n) is 16.8. The van der Waals surface area contributed by atoms with Crippen LogP contribution in [0.1, 0.15) is 22.4 Å². The normalized spacial score (nSPS) is 11.4. The van der Waals surface area contributed by atoms with Gasteiger partial charge in [-0.25, -0.2) is 4.98 Å². The first kappa shape index (κ1) is 20.0. The second kappa shape index (κ2) is 9.45. The maximum Gasteiger partial charge on any atom is 0.176 e. The van der Waals surface area contributed by atoms with E-state index in [9.17, 15) is 0 Å². The number of nitrogens with one attached hydrogen (secondary N) is 1. The van der Waals surface area contributed by atoms with Gasteiger partial charge in [-0.3, -0.25) is 5.41 Å². The van der Waals surface area contributed by atoms with Gasteiger partial charge in [-0.15, -0.1) is 5.11 Å². The molecule has 0 spiro atoms. The molecular weight excluding hydrogens is 386 g/mol. The quantitative estimate of drug-likeness (QED) is 0.108. The number of rotatable bonds is 6. The van der Waals surface area contributed by atoms with Gasteiger partial charge < -0.3 is 10.6 Å². The Hall–Kier alpha value is -4.32. The predicted octanol–water partition coefficient (Wildman–Crippen LogP) is 5.64. The van der Waals surface area contributed by atoms with Crippen molar-refractivity contribution >= 4 is 28.9 Å². The highest BCUT2D eigenvalue weighted by molar-refractivity contribution is 5.96. The number of aromatic nitrogens is 1. The van der Waals surface area contributed by atoms with Crippen LogP contribution >= 0.6 is 0 Å². The third-order valence-corrected chi connectivity index (χ3v) is 4.73. The molecule has 0 aliphatic heterocycles. The largest absolute Gasteiger partial charge is 0.487 e. The average molecular weight is 407 g/mol. The molecule has 152 valence electrons. The highest BCUT2D eigenvalue weighted by atomic mass is 16.5. The topological polar surface area (TPSA) is 96.7 Å². The van der Waals surface area contributed by atoms with E-state index >= 15 is 0 Å². The minimum absolute atomic E-state index is 0.0347. The van der Waals surface area contributed by atoms with Crippen molar-refractivity contribution in [2.24, 2.45) is 16.2 Å². The highest BCUT2D eigenvalue weighted by Gasteiger charge is 2.01. The van der Waals surface area contributed by atoms with Gasteiger partial charge in [0.05, 0.1) is 11.2 Å². The lowest BCUT2D eigenvalue weighted by molar-refractivity contribution is 0.302. The molecule has 3 aromatic carbocycles. The molecule has 0 saturated heterocycles. The first-order chi connectivity index (χ1) is 15.2. The third kappa shape index (κ3) is 5.19. The number of ether oxygens (including phenoxy) is 1. The van der Waals surface area contributed by atoms with Gasteiger partial charge in [-0.05, 0) is 35.4 Å². The molecule has 0 fully saturated rings. The Morgan fingerprint density at radius 2 is 1.55 bits per heavy atom. The second-order valence-electron chi connectivity index (χ2n) is 6.87. The first-order valence-electron chi connectivity index (χ1n) is 9.77. The van der Waals surface area contributed by atoms with E-state index in [1.54, 1.807) is 0 Å². The molecule has 6 nitrogen and oxygen atoms in total. The second-order valence-corrected chi connectivity index (χ2v) is 6.87. The van der Waals surface area contributed by atoms with Gasteiger partial charge in [-0.1, -0.05) is 78.0 Å². The number of para-hydroxylation sites is 1. The van der Waals surface area contributed by atoms with Crippen molar-refractivity contribution in [1.29, 1.82) is 5.41 Å². The molecule has 0 bridgehead atoms. The SMILES string of the molecule is N=C(N=NN)c1ccc(/C=C/c2ccc(OCc3ccc4ccccc4n3)cc2)cc1. The van der Waals surface area contributed by atoms with Gasteiger partial charge in [0, 0.05) is 10.9 Å². The van der Waals surface area contributed by atoms with E-state index in [4.69, 9.17) is 16.0 Å². The van der Waals surface area contributed by atoms with E-state index in [0.29, 0.717) is 12.2 Å². The molecule has 31 heavy (non-hydrogen) atoms. The van der Waals surface area contributed by atoms with E-state index in [1.165, 1.54) is 0 Å². The summed E-state index contributed by atoms with van der Waals surface area (Å²) in [6, 6.07) is 27.5. The van der Waals surface area contributed by atoms with Crippen LogP contribution < -0.4 is 10.6 Å². The number of amidine groups is 1. The van der Waals surface area contributed by atoms with Gasteiger partial charge in [0.1, 0.15) is 12.4 Å².